The zero-order chi connectivity index (χ0) is 17.8. The van der Waals surface area contributed by atoms with E-state index in [2.05, 4.69) is 72.7 Å². The molecule has 2 N–H and O–H groups in total. The van der Waals surface area contributed by atoms with Crippen LogP contribution in [0, 0.1) is 5.92 Å². The molecule has 0 aromatic heterocycles. The van der Waals surface area contributed by atoms with Crippen LogP contribution >= 0.6 is 24.0 Å². The molecule has 0 unspecified atom stereocenters. The monoisotopic (exact) mass is 462 g/mol. The van der Waals surface area contributed by atoms with E-state index in [1.165, 1.54) is 11.1 Å². The molecule has 0 aliphatic rings. The summed E-state index contributed by atoms with van der Waals surface area (Å²) in [5, 5.41) is 6.66. The molecule has 5 nitrogen and oxygen atoms in total. The van der Waals surface area contributed by atoms with Crippen molar-refractivity contribution < 1.29 is 4.74 Å². The summed E-state index contributed by atoms with van der Waals surface area (Å²) in [4.78, 5) is 6.45. The van der Waals surface area contributed by atoms with Crippen molar-refractivity contribution in [2.45, 2.75) is 33.4 Å². The van der Waals surface area contributed by atoms with Crippen LogP contribution in [0.4, 0.5) is 0 Å². The van der Waals surface area contributed by atoms with Crippen LogP contribution in [-0.4, -0.2) is 51.8 Å². The van der Waals surface area contributed by atoms with Crippen LogP contribution in [0.25, 0.3) is 0 Å². The number of rotatable bonds is 10. The maximum Gasteiger partial charge on any atom is 0.191 e. The van der Waals surface area contributed by atoms with Crippen molar-refractivity contribution in [1.82, 2.24) is 15.5 Å². The van der Waals surface area contributed by atoms with E-state index in [4.69, 9.17) is 4.74 Å². The SMILES string of the molecule is CN=C(NCCOCCC(C)C)NCc1ccccc1CN(C)C.I. The Morgan fingerprint density at radius 1 is 1.12 bits per heavy atom. The molecule has 144 valence electrons. The van der Waals surface area contributed by atoms with E-state index in [-0.39, 0.29) is 24.0 Å². The lowest BCUT2D eigenvalue weighted by Gasteiger charge is -2.16. The van der Waals surface area contributed by atoms with Gasteiger partial charge in [-0.05, 0) is 37.6 Å². The fourth-order valence-electron chi connectivity index (χ4n) is 2.29. The first-order valence-corrected chi connectivity index (χ1v) is 8.76. The van der Waals surface area contributed by atoms with Crippen molar-refractivity contribution in [3.05, 3.63) is 35.4 Å². The molecule has 1 aromatic carbocycles. The normalized spacial score (nSPS) is 11.6. The molecule has 0 amide bonds. The van der Waals surface area contributed by atoms with E-state index in [0.717, 1.165) is 38.6 Å². The molecule has 0 spiro atoms. The molecule has 0 saturated heterocycles. The number of hydrogen-bond donors (Lipinski definition) is 2. The van der Waals surface area contributed by atoms with Crippen LogP contribution in [0.1, 0.15) is 31.4 Å². The lowest BCUT2D eigenvalue weighted by molar-refractivity contribution is 0.128. The van der Waals surface area contributed by atoms with Gasteiger partial charge in [0.15, 0.2) is 5.96 Å². The van der Waals surface area contributed by atoms with Crippen molar-refractivity contribution in [2.75, 3.05) is 40.9 Å². The quantitative estimate of drug-likeness (QED) is 0.243. The van der Waals surface area contributed by atoms with Gasteiger partial charge in [-0.3, -0.25) is 4.99 Å². The fraction of sp³-hybridized carbons (Fsp3) is 0.632. The largest absolute Gasteiger partial charge is 0.380 e. The molecule has 0 bridgehead atoms. The summed E-state index contributed by atoms with van der Waals surface area (Å²) in [5.74, 6) is 1.50. The van der Waals surface area contributed by atoms with Gasteiger partial charge >= 0.3 is 0 Å². The standard InChI is InChI=1S/C19H34N4O.HI/c1-16(2)10-12-24-13-11-21-19(20-3)22-14-17-8-6-7-9-18(17)15-23(4)5;/h6-9,16H,10-15H2,1-5H3,(H2,20,21,22);1H. The highest BCUT2D eigenvalue weighted by molar-refractivity contribution is 14.0. The Bertz CT molecular complexity index is 492. The number of guanidine groups is 1. The van der Waals surface area contributed by atoms with E-state index in [9.17, 15) is 0 Å². The second-order valence-corrected chi connectivity index (χ2v) is 6.65. The molecule has 0 heterocycles. The number of hydrogen-bond acceptors (Lipinski definition) is 3. The third-order valence-corrected chi connectivity index (χ3v) is 3.65. The van der Waals surface area contributed by atoms with Gasteiger partial charge in [-0.15, -0.1) is 24.0 Å². The summed E-state index contributed by atoms with van der Waals surface area (Å²) in [7, 11) is 5.97. The summed E-state index contributed by atoms with van der Waals surface area (Å²) >= 11 is 0. The molecule has 25 heavy (non-hydrogen) atoms. The van der Waals surface area contributed by atoms with Crippen molar-refractivity contribution in [2.24, 2.45) is 10.9 Å². The predicted octanol–water partition coefficient (Wildman–Crippen LogP) is 3.09. The lowest BCUT2D eigenvalue weighted by Crippen LogP contribution is -2.38. The maximum atomic E-state index is 5.61. The molecule has 1 rings (SSSR count). The fourth-order valence-corrected chi connectivity index (χ4v) is 2.29. The Balaban J connectivity index is 0.00000576. The molecule has 0 radical (unpaired) electrons. The van der Waals surface area contributed by atoms with Crippen LogP contribution in [0.15, 0.2) is 29.3 Å². The Kier molecular flexibility index (Phi) is 13.8. The Hall–Kier alpha value is -0.860. The summed E-state index contributed by atoms with van der Waals surface area (Å²) in [6, 6.07) is 8.50. The second-order valence-electron chi connectivity index (χ2n) is 6.65. The van der Waals surface area contributed by atoms with Gasteiger partial charge in [0.2, 0.25) is 0 Å². The topological polar surface area (TPSA) is 48.9 Å². The number of ether oxygens (including phenoxy) is 1. The third kappa shape index (κ3) is 11.4. The van der Waals surface area contributed by atoms with Gasteiger partial charge in [0.25, 0.3) is 0 Å². The van der Waals surface area contributed by atoms with E-state index in [1.54, 1.807) is 7.05 Å². The van der Waals surface area contributed by atoms with Crippen LogP contribution in [0.2, 0.25) is 0 Å². The van der Waals surface area contributed by atoms with Gasteiger partial charge in [0.1, 0.15) is 0 Å². The molecule has 1 aromatic rings. The highest BCUT2D eigenvalue weighted by atomic mass is 127. The summed E-state index contributed by atoms with van der Waals surface area (Å²) in [6.07, 6.45) is 1.11. The molecular weight excluding hydrogens is 427 g/mol. The minimum Gasteiger partial charge on any atom is -0.380 e. The summed E-state index contributed by atoms with van der Waals surface area (Å²) in [6.45, 7) is 8.40. The van der Waals surface area contributed by atoms with Gasteiger partial charge in [0.05, 0.1) is 6.61 Å². The highest BCUT2D eigenvalue weighted by Gasteiger charge is 2.04. The highest BCUT2D eigenvalue weighted by Crippen LogP contribution is 2.10. The Morgan fingerprint density at radius 3 is 2.40 bits per heavy atom. The lowest BCUT2D eigenvalue weighted by atomic mass is 10.1. The number of benzene rings is 1. The minimum atomic E-state index is 0. The maximum absolute atomic E-state index is 5.61. The summed E-state index contributed by atoms with van der Waals surface area (Å²) < 4.78 is 5.61. The molecule has 0 aliphatic heterocycles. The van der Waals surface area contributed by atoms with Crippen molar-refractivity contribution in [3.8, 4) is 0 Å². The van der Waals surface area contributed by atoms with Crippen LogP contribution in [0.3, 0.4) is 0 Å². The van der Waals surface area contributed by atoms with Crippen LogP contribution < -0.4 is 10.6 Å². The smallest absolute Gasteiger partial charge is 0.191 e. The van der Waals surface area contributed by atoms with Crippen molar-refractivity contribution in [1.29, 1.82) is 0 Å². The third-order valence-electron chi connectivity index (χ3n) is 3.65. The first-order valence-electron chi connectivity index (χ1n) is 8.76. The zero-order valence-electron chi connectivity index (χ0n) is 16.3. The molecular formula is C19H35IN4O. The average molecular weight is 462 g/mol. The van der Waals surface area contributed by atoms with Gasteiger partial charge in [0, 0.05) is 33.3 Å². The number of aliphatic imine (C=N–C) groups is 1. The van der Waals surface area contributed by atoms with Crippen LogP contribution in [0.5, 0.6) is 0 Å². The first kappa shape index (κ1) is 24.1. The van der Waals surface area contributed by atoms with E-state index >= 15 is 0 Å². The second kappa shape index (κ2) is 14.3. The molecule has 0 fully saturated rings. The Labute approximate surface area is 170 Å². The van der Waals surface area contributed by atoms with E-state index in [1.807, 2.05) is 0 Å². The minimum absolute atomic E-state index is 0. The predicted molar refractivity (Wildman–Crippen MR) is 118 cm³/mol. The molecule has 0 atom stereocenters. The molecule has 0 saturated carbocycles. The molecule has 0 aliphatic carbocycles. The van der Waals surface area contributed by atoms with Gasteiger partial charge in [-0.1, -0.05) is 38.1 Å². The van der Waals surface area contributed by atoms with Gasteiger partial charge in [-0.25, -0.2) is 0 Å². The first-order chi connectivity index (χ1) is 11.5. The molecule has 6 heteroatoms. The number of halogens is 1. The van der Waals surface area contributed by atoms with Gasteiger partial charge in [-0.2, -0.15) is 0 Å². The Morgan fingerprint density at radius 2 is 1.80 bits per heavy atom. The van der Waals surface area contributed by atoms with Gasteiger partial charge < -0.3 is 20.3 Å². The summed E-state index contributed by atoms with van der Waals surface area (Å²) in [5.41, 5.74) is 2.63. The zero-order valence-corrected chi connectivity index (χ0v) is 18.7. The van der Waals surface area contributed by atoms with Crippen LogP contribution in [-0.2, 0) is 17.8 Å². The van der Waals surface area contributed by atoms with Crippen molar-refractivity contribution in [3.63, 3.8) is 0 Å². The van der Waals surface area contributed by atoms with Crippen molar-refractivity contribution >= 4 is 29.9 Å². The van der Waals surface area contributed by atoms with E-state index in [0.29, 0.717) is 12.5 Å². The number of nitrogens with one attached hydrogen (secondary N) is 2. The average Bonchev–Trinajstić information content (AvgIpc) is 2.54. The number of nitrogens with zero attached hydrogens (tertiary/aromatic N) is 2. The van der Waals surface area contributed by atoms with E-state index < -0.39 is 0 Å².